The van der Waals surface area contributed by atoms with Crippen LogP contribution in [0.5, 0.6) is 28.7 Å². The standard InChI is InChI=1S/C32H27O5P/c1-35-25-11-13-27(14-12-25)37-29-17-21-32(22-18-29)38(34,30-5-3-2-4-6-30)31-19-15-28(16-20-31)36-26-9-7-24(23-33)8-10-26/h2-22,33H,23H2,1H3. The van der Waals surface area contributed by atoms with E-state index in [1.165, 1.54) is 0 Å². The van der Waals surface area contributed by atoms with E-state index in [9.17, 15) is 9.67 Å². The third kappa shape index (κ3) is 5.50. The van der Waals surface area contributed by atoms with E-state index >= 15 is 0 Å². The predicted octanol–water partition coefficient (Wildman–Crippen LogP) is 6.41. The van der Waals surface area contributed by atoms with Gasteiger partial charge in [0.25, 0.3) is 0 Å². The summed E-state index contributed by atoms with van der Waals surface area (Å²) in [7, 11) is -1.54. The van der Waals surface area contributed by atoms with Crippen LogP contribution in [0.15, 0.2) is 127 Å². The van der Waals surface area contributed by atoms with Gasteiger partial charge in [0.1, 0.15) is 28.7 Å². The fraction of sp³-hybridized carbons (Fsp3) is 0.0625. The molecule has 0 aliphatic rings. The van der Waals surface area contributed by atoms with Crippen LogP contribution >= 0.6 is 7.14 Å². The number of aliphatic hydroxyl groups excluding tert-OH is 1. The zero-order valence-corrected chi connectivity index (χ0v) is 21.8. The molecule has 6 heteroatoms. The Morgan fingerprint density at radius 3 is 1.32 bits per heavy atom. The van der Waals surface area contributed by atoms with E-state index in [0.717, 1.165) is 16.6 Å². The highest BCUT2D eigenvalue weighted by Gasteiger charge is 2.29. The van der Waals surface area contributed by atoms with Gasteiger partial charge in [0.15, 0.2) is 7.14 Å². The number of methoxy groups -OCH3 is 1. The maximum atomic E-state index is 14.8. The predicted molar refractivity (Wildman–Crippen MR) is 151 cm³/mol. The van der Waals surface area contributed by atoms with Crippen molar-refractivity contribution in [1.82, 2.24) is 0 Å². The fourth-order valence-electron chi connectivity index (χ4n) is 4.11. The molecule has 0 fully saturated rings. The van der Waals surface area contributed by atoms with Crippen LogP contribution in [0.3, 0.4) is 0 Å². The lowest BCUT2D eigenvalue weighted by molar-refractivity contribution is 0.281. The monoisotopic (exact) mass is 522 g/mol. The van der Waals surface area contributed by atoms with E-state index in [1.54, 1.807) is 7.11 Å². The summed E-state index contributed by atoms with van der Waals surface area (Å²) in [6.45, 7) is -0.0155. The zero-order chi connectivity index (χ0) is 26.4. The quantitative estimate of drug-likeness (QED) is 0.227. The Morgan fingerprint density at radius 1 is 0.526 bits per heavy atom. The van der Waals surface area contributed by atoms with Crippen LogP contribution in [0.2, 0.25) is 0 Å². The van der Waals surface area contributed by atoms with Gasteiger partial charge in [-0.05, 0) is 90.5 Å². The van der Waals surface area contributed by atoms with Gasteiger partial charge in [-0.1, -0.05) is 42.5 Å². The van der Waals surface area contributed by atoms with E-state index in [0.29, 0.717) is 33.6 Å². The second-order valence-corrected chi connectivity index (χ2v) is 11.4. The molecule has 0 aliphatic heterocycles. The van der Waals surface area contributed by atoms with Crippen LogP contribution in [0.25, 0.3) is 0 Å². The largest absolute Gasteiger partial charge is 0.497 e. The molecular formula is C32H27O5P. The first-order valence-electron chi connectivity index (χ1n) is 12.1. The smallest absolute Gasteiger partial charge is 0.171 e. The van der Waals surface area contributed by atoms with Gasteiger partial charge in [-0.15, -0.1) is 0 Å². The van der Waals surface area contributed by atoms with Crippen LogP contribution in [0.1, 0.15) is 5.56 Å². The van der Waals surface area contributed by atoms with Crippen LogP contribution in [-0.2, 0) is 11.2 Å². The van der Waals surface area contributed by atoms with Gasteiger partial charge in [0.05, 0.1) is 13.7 Å². The lowest BCUT2D eigenvalue weighted by Crippen LogP contribution is -2.24. The van der Waals surface area contributed by atoms with Crippen molar-refractivity contribution in [3.63, 3.8) is 0 Å². The van der Waals surface area contributed by atoms with Crippen molar-refractivity contribution in [2.45, 2.75) is 6.61 Å². The zero-order valence-electron chi connectivity index (χ0n) is 20.9. The molecule has 0 saturated heterocycles. The van der Waals surface area contributed by atoms with E-state index in [1.807, 2.05) is 127 Å². The SMILES string of the molecule is COc1ccc(Oc2ccc(P(=O)(c3ccccc3)c3ccc(Oc4ccc(CO)cc4)cc3)cc2)cc1. The number of rotatable bonds is 9. The average Bonchev–Trinajstić information content (AvgIpc) is 2.99. The molecule has 0 aliphatic carbocycles. The molecule has 1 unspecified atom stereocenters. The highest BCUT2D eigenvalue weighted by molar-refractivity contribution is 7.85. The van der Waals surface area contributed by atoms with E-state index in [-0.39, 0.29) is 6.61 Å². The van der Waals surface area contributed by atoms with Crippen LogP contribution < -0.4 is 30.1 Å². The maximum absolute atomic E-state index is 14.8. The van der Waals surface area contributed by atoms with Crippen LogP contribution in [-0.4, -0.2) is 12.2 Å². The minimum absolute atomic E-state index is 0.0155. The number of ether oxygens (including phenoxy) is 3. The minimum Gasteiger partial charge on any atom is -0.497 e. The molecule has 0 saturated carbocycles. The summed E-state index contributed by atoms with van der Waals surface area (Å²) in [6, 6.07) is 38.9. The maximum Gasteiger partial charge on any atom is 0.171 e. The minimum atomic E-state index is -3.16. The Kier molecular flexibility index (Phi) is 7.60. The summed E-state index contributed by atoms with van der Waals surface area (Å²) in [4.78, 5) is 0. The van der Waals surface area contributed by atoms with Gasteiger partial charge in [0, 0.05) is 15.9 Å². The normalized spacial score (nSPS) is 12.4. The average molecular weight is 523 g/mol. The summed E-state index contributed by atoms with van der Waals surface area (Å²) >= 11 is 0. The lowest BCUT2D eigenvalue weighted by Gasteiger charge is -2.20. The highest BCUT2D eigenvalue weighted by Crippen LogP contribution is 2.43. The van der Waals surface area contributed by atoms with Gasteiger partial charge < -0.3 is 23.9 Å². The highest BCUT2D eigenvalue weighted by atomic mass is 31.2. The molecule has 0 heterocycles. The van der Waals surface area contributed by atoms with Gasteiger partial charge in [-0.25, -0.2) is 0 Å². The van der Waals surface area contributed by atoms with Gasteiger partial charge in [-0.2, -0.15) is 0 Å². The molecule has 0 spiro atoms. The first-order valence-corrected chi connectivity index (χ1v) is 13.9. The van der Waals surface area contributed by atoms with Crippen molar-refractivity contribution in [3.05, 3.63) is 133 Å². The number of hydrogen-bond donors (Lipinski definition) is 1. The summed E-state index contributed by atoms with van der Waals surface area (Å²) in [5.74, 6) is 3.38. The first-order chi connectivity index (χ1) is 18.6. The van der Waals surface area contributed by atoms with Gasteiger partial charge in [0.2, 0.25) is 0 Å². The third-order valence-corrected chi connectivity index (χ3v) is 9.23. The van der Waals surface area contributed by atoms with Crippen LogP contribution in [0.4, 0.5) is 0 Å². The second kappa shape index (κ2) is 11.4. The number of aliphatic hydroxyl groups is 1. The van der Waals surface area contributed by atoms with Crippen molar-refractivity contribution >= 4 is 23.1 Å². The van der Waals surface area contributed by atoms with E-state index in [4.69, 9.17) is 14.2 Å². The molecule has 0 aromatic heterocycles. The molecule has 5 aromatic carbocycles. The molecule has 5 nitrogen and oxygen atoms in total. The molecule has 1 N–H and O–H groups in total. The van der Waals surface area contributed by atoms with Crippen molar-refractivity contribution in [2.75, 3.05) is 7.11 Å². The van der Waals surface area contributed by atoms with Gasteiger partial charge >= 0.3 is 0 Å². The molecule has 1 atom stereocenters. The molecule has 0 amide bonds. The first kappa shape index (κ1) is 25.3. The second-order valence-electron chi connectivity index (χ2n) is 8.61. The Labute approximate surface area is 222 Å². The Balaban J connectivity index is 1.42. The van der Waals surface area contributed by atoms with Crippen molar-refractivity contribution in [1.29, 1.82) is 0 Å². The Morgan fingerprint density at radius 2 is 0.895 bits per heavy atom. The summed E-state index contributed by atoms with van der Waals surface area (Å²) < 4.78 is 31.9. The van der Waals surface area contributed by atoms with E-state index in [2.05, 4.69) is 0 Å². The Hall–Kier alpha value is -4.31. The topological polar surface area (TPSA) is 65.0 Å². The molecule has 0 radical (unpaired) electrons. The molecule has 190 valence electrons. The summed E-state index contributed by atoms with van der Waals surface area (Å²) in [5, 5.41) is 11.4. The third-order valence-electron chi connectivity index (χ3n) is 6.16. The summed E-state index contributed by atoms with van der Waals surface area (Å²) in [5.41, 5.74) is 0.817. The van der Waals surface area contributed by atoms with Crippen molar-refractivity contribution in [2.24, 2.45) is 0 Å². The van der Waals surface area contributed by atoms with Crippen molar-refractivity contribution < 1.29 is 23.9 Å². The molecule has 38 heavy (non-hydrogen) atoms. The molecule has 0 bridgehead atoms. The number of benzene rings is 5. The van der Waals surface area contributed by atoms with E-state index < -0.39 is 7.14 Å². The molecule has 5 rings (SSSR count). The number of hydrogen-bond acceptors (Lipinski definition) is 5. The Bertz CT molecular complexity index is 1420. The summed E-state index contributed by atoms with van der Waals surface area (Å²) in [6.07, 6.45) is 0. The van der Waals surface area contributed by atoms with Gasteiger partial charge in [-0.3, -0.25) is 0 Å². The lowest BCUT2D eigenvalue weighted by atomic mass is 10.2. The van der Waals surface area contributed by atoms with Crippen molar-refractivity contribution in [3.8, 4) is 28.7 Å². The fourth-order valence-corrected chi connectivity index (χ4v) is 6.74. The molecule has 5 aromatic rings. The van der Waals surface area contributed by atoms with Crippen LogP contribution in [0, 0.1) is 0 Å². The molecular weight excluding hydrogens is 495 g/mol.